The first-order chi connectivity index (χ1) is 23.2. The number of benzene rings is 2. The molecule has 1 saturated heterocycles. The molecular weight excluding hydrogens is 664 g/mol. The number of nitrogens with zero attached hydrogens (tertiary/aromatic N) is 2. The third kappa shape index (κ3) is 10.6. The molecule has 1 aliphatic rings. The number of likely N-dealkylation sites (tertiary alicyclic amines) is 1. The third-order valence-electron chi connectivity index (χ3n) is 7.03. The maximum atomic E-state index is 14.1. The second kappa shape index (κ2) is 16.2. The molecule has 50 heavy (non-hydrogen) atoms. The van der Waals surface area contributed by atoms with Gasteiger partial charge in [0.05, 0.1) is 13.2 Å². The Balaban J connectivity index is 0.000000347. The molecule has 2 unspecified atom stereocenters. The van der Waals surface area contributed by atoms with Crippen LogP contribution in [0.4, 0.5) is 27.2 Å². The Kier molecular flexibility index (Phi) is 12.8. The van der Waals surface area contributed by atoms with Crippen molar-refractivity contribution in [3.05, 3.63) is 83.2 Å². The number of halogens is 4. The highest BCUT2D eigenvalue weighted by atomic mass is 19.1. The molecular formula is C36H44F4N2O8. The van der Waals surface area contributed by atoms with Crippen molar-refractivity contribution in [1.82, 2.24) is 9.47 Å². The molecule has 10 nitrogen and oxygen atoms in total. The Bertz CT molecular complexity index is 1720. The van der Waals surface area contributed by atoms with Crippen molar-refractivity contribution in [2.75, 3.05) is 19.8 Å². The van der Waals surface area contributed by atoms with Gasteiger partial charge in [0, 0.05) is 43.3 Å². The first-order valence-electron chi connectivity index (χ1n) is 15.9. The van der Waals surface area contributed by atoms with Gasteiger partial charge in [-0.25, -0.2) is 41.3 Å². The summed E-state index contributed by atoms with van der Waals surface area (Å²) in [5.74, 6) is -4.65. The summed E-state index contributed by atoms with van der Waals surface area (Å²) >= 11 is 0. The lowest BCUT2D eigenvalue weighted by atomic mass is 9.96. The summed E-state index contributed by atoms with van der Waals surface area (Å²) in [6.45, 7) is 13.9. The zero-order chi connectivity index (χ0) is 37.6. The summed E-state index contributed by atoms with van der Waals surface area (Å²) in [6.07, 6.45) is -0.00280. The topological polar surface area (TPSA) is 113 Å². The van der Waals surface area contributed by atoms with Crippen molar-refractivity contribution in [2.45, 2.75) is 85.0 Å². The number of carbonyl (C=O) groups excluding carboxylic acids is 4. The van der Waals surface area contributed by atoms with E-state index in [0.29, 0.717) is 0 Å². The molecule has 2 heterocycles. The summed E-state index contributed by atoms with van der Waals surface area (Å²) in [7, 11) is 0. The second-order valence-corrected chi connectivity index (χ2v) is 13.3. The van der Waals surface area contributed by atoms with Gasteiger partial charge in [-0.3, -0.25) is 4.90 Å². The first-order valence-corrected chi connectivity index (χ1v) is 15.9. The van der Waals surface area contributed by atoms with Gasteiger partial charge in [-0.2, -0.15) is 0 Å². The van der Waals surface area contributed by atoms with Crippen molar-refractivity contribution in [2.24, 2.45) is 0 Å². The summed E-state index contributed by atoms with van der Waals surface area (Å²) in [5, 5.41) is 0. The highest BCUT2D eigenvalue weighted by Crippen LogP contribution is 2.35. The van der Waals surface area contributed by atoms with Crippen LogP contribution < -0.4 is 0 Å². The molecule has 0 radical (unpaired) electrons. The lowest BCUT2D eigenvalue weighted by Gasteiger charge is -2.27. The van der Waals surface area contributed by atoms with Gasteiger partial charge in [0.25, 0.3) is 0 Å². The Morgan fingerprint density at radius 2 is 1.34 bits per heavy atom. The van der Waals surface area contributed by atoms with E-state index in [4.69, 9.17) is 18.9 Å². The zero-order valence-corrected chi connectivity index (χ0v) is 29.3. The lowest BCUT2D eigenvalue weighted by molar-refractivity contribution is -0.148. The Hall–Kier alpha value is -4.88. The van der Waals surface area contributed by atoms with Crippen LogP contribution in [0, 0.1) is 23.3 Å². The maximum absolute atomic E-state index is 14.1. The van der Waals surface area contributed by atoms with Crippen LogP contribution in [-0.2, 0) is 23.7 Å². The molecule has 3 aromatic rings. The van der Waals surface area contributed by atoms with Gasteiger partial charge in [-0.05, 0) is 91.6 Å². The number of aromatic nitrogens is 1. The molecule has 0 saturated carbocycles. The number of esters is 2. The molecule has 1 aromatic heterocycles. The highest BCUT2D eigenvalue weighted by Gasteiger charge is 2.43. The number of hydrogen-bond acceptors (Lipinski definition) is 8. The molecule has 0 spiro atoms. The molecule has 274 valence electrons. The van der Waals surface area contributed by atoms with Gasteiger partial charge in [-0.1, -0.05) is 6.07 Å². The molecule has 0 bridgehead atoms. The van der Waals surface area contributed by atoms with Crippen LogP contribution in [0.2, 0.25) is 0 Å². The number of hydrogen-bond donors (Lipinski definition) is 0. The molecule has 0 N–H and O–H groups in total. The van der Waals surface area contributed by atoms with Gasteiger partial charge >= 0.3 is 24.1 Å². The van der Waals surface area contributed by atoms with Crippen LogP contribution in [0.15, 0.2) is 48.7 Å². The smallest absolute Gasteiger partial charge is 0.419 e. The first kappa shape index (κ1) is 39.6. The van der Waals surface area contributed by atoms with Gasteiger partial charge < -0.3 is 18.9 Å². The van der Waals surface area contributed by atoms with E-state index in [1.807, 2.05) is 0 Å². The average Bonchev–Trinajstić information content (AvgIpc) is 3.62. The Labute approximate surface area is 289 Å². The second-order valence-electron chi connectivity index (χ2n) is 13.3. The largest absolute Gasteiger partial charge is 0.464 e. The fourth-order valence-corrected chi connectivity index (χ4v) is 5.04. The molecule has 1 amide bonds. The van der Waals surface area contributed by atoms with E-state index in [1.165, 1.54) is 29.3 Å². The molecule has 1 fully saturated rings. The predicted octanol–water partition coefficient (Wildman–Crippen LogP) is 8.26. The van der Waals surface area contributed by atoms with Crippen molar-refractivity contribution in [1.29, 1.82) is 0 Å². The van der Waals surface area contributed by atoms with Gasteiger partial charge in [0.1, 0.15) is 46.2 Å². The van der Waals surface area contributed by atoms with E-state index in [-0.39, 0.29) is 50.0 Å². The third-order valence-corrected chi connectivity index (χ3v) is 7.03. The monoisotopic (exact) mass is 708 g/mol. The van der Waals surface area contributed by atoms with Crippen molar-refractivity contribution in [3.63, 3.8) is 0 Å². The van der Waals surface area contributed by atoms with E-state index in [9.17, 15) is 36.7 Å². The van der Waals surface area contributed by atoms with Crippen LogP contribution in [-0.4, -0.2) is 70.6 Å². The minimum Gasteiger partial charge on any atom is -0.464 e. The van der Waals surface area contributed by atoms with Gasteiger partial charge in [0.15, 0.2) is 0 Å². The maximum Gasteiger partial charge on any atom is 0.419 e. The molecule has 0 aliphatic carbocycles. The Morgan fingerprint density at radius 1 is 0.780 bits per heavy atom. The molecule has 14 heteroatoms. The standard InChI is InChI=1S/C18H23F2NO4.C18H19F2NO4.H2/c2*1-5-24-16(22)15-8-11(13-7-6-12(19)9-14(13)20)10-21(15)17(23)25-18(2,3)4;/h6-7,9,11,15H,5,8,10H2,1-4H3;6-10H,5H2,1-4H3;1H. The Morgan fingerprint density at radius 3 is 1.88 bits per heavy atom. The fraction of sp³-hybridized carbons (Fsp3) is 0.444. The number of carbonyl (C=O) groups is 4. The van der Waals surface area contributed by atoms with Gasteiger partial charge in [0.2, 0.25) is 0 Å². The number of ether oxygens (including phenoxy) is 4. The minimum absolute atomic E-state index is 0. The van der Waals surface area contributed by atoms with Crippen molar-refractivity contribution in [3.8, 4) is 11.1 Å². The van der Waals surface area contributed by atoms with Crippen LogP contribution in [0.3, 0.4) is 0 Å². The minimum atomic E-state index is -0.857. The zero-order valence-electron chi connectivity index (χ0n) is 29.3. The van der Waals surface area contributed by atoms with Crippen molar-refractivity contribution < 1.29 is 57.1 Å². The van der Waals surface area contributed by atoms with E-state index in [0.717, 1.165) is 28.8 Å². The SMILES string of the molecule is CCOC(=O)C1CC(c2ccc(F)cc2F)CN1C(=O)OC(C)(C)C.CCOC(=O)c1cc(-c2ccc(F)cc2F)cn1C(=O)OC(C)(C)C.[HH]. The quantitative estimate of drug-likeness (QED) is 0.143. The van der Waals surface area contributed by atoms with E-state index >= 15 is 0 Å². The lowest BCUT2D eigenvalue weighted by Crippen LogP contribution is -2.44. The molecule has 2 atom stereocenters. The van der Waals surface area contributed by atoms with Crippen LogP contribution in [0.25, 0.3) is 11.1 Å². The summed E-state index contributed by atoms with van der Waals surface area (Å²) in [6, 6.07) is 6.79. The molecule has 2 aromatic carbocycles. The normalized spacial score (nSPS) is 15.9. The number of amides is 1. The molecule has 1 aliphatic heterocycles. The summed E-state index contributed by atoms with van der Waals surface area (Å²) in [4.78, 5) is 50.4. The fourth-order valence-electron chi connectivity index (χ4n) is 5.04. The van der Waals surface area contributed by atoms with E-state index in [1.54, 1.807) is 55.4 Å². The average molecular weight is 709 g/mol. The van der Waals surface area contributed by atoms with Crippen LogP contribution >= 0.6 is 0 Å². The molecule has 4 rings (SSSR count). The number of rotatable bonds is 6. The van der Waals surface area contributed by atoms with E-state index in [2.05, 4.69) is 0 Å². The summed E-state index contributed by atoms with van der Waals surface area (Å²) in [5.41, 5.74) is -1.07. The van der Waals surface area contributed by atoms with Crippen molar-refractivity contribution >= 4 is 24.1 Å². The van der Waals surface area contributed by atoms with Crippen LogP contribution in [0.5, 0.6) is 0 Å². The highest BCUT2D eigenvalue weighted by molar-refractivity contribution is 5.94. The summed E-state index contributed by atoms with van der Waals surface area (Å²) < 4.78 is 75.8. The van der Waals surface area contributed by atoms with Gasteiger partial charge in [-0.15, -0.1) is 0 Å². The van der Waals surface area contributed by atoms with E-state index < -0.39 is 70.6 Å². The van der Waals surface area contributed by atoms with Crippen LogP contribution in [0.1, 0.15) is 85.2 Å². The predicted molar refractivity (Wildman–Crippen MR) is 177 cm³/mol.